The van der Waals surface area contributed by atoms with Gasteiger partial charge >= 0.3 is 0 Å². The number of aromatic amines is 1. The third kappa shape index (κ3) is 5.78. The second-order valence-corrected chi connectivity index (χ2v) is 9.74. The van der Waals surface area contributed by atoms with Crippen molar-refractivity contribution in [3.05, 3.63) is 62.8 Å². The number of amides is 1. The van der Waals surface area contributed by atoms with Crippen LogP contribution in [0.2, 0.25) is 0 Å². The molecule has 1 aromatic carbocycles. The predicted molar refractivity (Wildman–Crippen MR) is 116 cm³/mol. The van der Waals surface area contributed by atoms with E-state index in [0.717, 1.165) is 17.7 Å². The van der Waals surface area contributed by atoms with Gasteiger partial charge in [-0.15, -0.1) is 0 Å². The van der Waals surface area contributed by atoms with Crippen molar-refractivity contribution in [1.82, 2.24) is 14.9 Å². The number of nitrogens with one attached hydrogen (secondary N) is 1. The summed E-state index contributed by atoms with van der Waals surface area (Å²) in [6, 6.07) is 8.23. The Bertz CT molecular complexity index is 940. The van der Waals surface area contributed by atoms with Gasteiger partial charge in [-0.2, -0.15) is 0 Å². The molecule has 1 aromatic heterocycles. The van der Waals surface area contributed by atoms with Gasteiger partial charge in [0.1, 0.15) is 5.82 Å². The van der Waals surface area contributed by atoms with Gasteiger partial charge in [-0.25, -0.2) is 4.98 Å². The number of carbonyl (C=O) groups is 1. The molecule has 0 aliphatic carbocycles. The summed E-state index contributed by atoms with van der Waals surface area (Å²) >= 11 is 0. The van der Waals surface area contributed by atoms with Crippen molar-refractivity contribution < 1.29 is 4.79 Å². The second kappa shape index (κ2) is 8.52. The minimum atomic E-state index is -0.113. The van der Waals surface area contributed by atoms with E-state index < -0.39 is 0 Å². The summed E-state index contributed by atoms with van der Waals surface area (Å²) in [7, 11) is 0. The maximum Gasteiger partial charge on any atom is 0.256 e. The first-order chi connectivity index (χ1) is 13.6. The van der Waals surface area contributed by atoms with Gasteiger partial charge in [0.25, 0.3) is 5.56 Å². The van der Waals surface area contributed by atoms with E-state index in [0.29, 0.717) is 49.7 Å². The van der Waals surface area contributed by atoms with Crippen molar-refractivity contribution in [3.63, 3.8) is 0 Å². The van der Waals surface area contributed by atoms with E-state index >= 15 is 0 Å². The molecule has 0 radical (unpaired) electrons. The Morgan fingerprint density at radius 3 is 2.76 bits per heavy atom. The third-order valence-corrected chi connectivity index (χ3v) is 5.41. The average Bonchev–Trinajstić information content (AvgIpc) is 2.59. The van der Waals surface area contributed by atoms with E-state index in [4.69, 9.17) is 4.98 Å². The molecule has 0 unspecified atom stereocenters. The van der Waals surface area contributed by atoms with Crippen LogP contribution in [0.15, 0.2) is 29.1 Å². The summed E-state index contributed by atoms with van der Waals surface area (Å²) in [4.78, 5) is 34.9. The number of hydrogen-bond acceptors (Lipinski definition) is 3. The Morgan fingerprint density at radius 1 is 1.31 bits per heavy atom. The fraction of sp³-hybridized carbons (Fsp3) is 0.542. The average molecular weight is 396 g/mol. The number of hydrogen-bond donors (Lipinski definition) is 1. The molecule has 0 saturated carbocycles. The minimum absolute atomic E-state index is 0.113. The largest absolute Gasteiger partial charge is 0.338 e. The highest BCUT2D eigenvalue weighted by molar-refractivity contribution is 5.76. The van der Waals surface area contributed by atoms with E-state index in [1.165, 1.54) is 5.56 Å². The van der Waals surface area contributed by atoms with E-state index in [2.05, 4.69) is 51.7 Å². The van der Waals surface area contributed by atoms with Crippen LogP contribution >= 0.6 is 0 Å². The molecule has 0 bridgehead atoms. The molecule has 0 spiro atoms. The number of aromatic nitrogens is 2. The van der Waals surface area contributed by atoms with Crippen molar-refractivity contribution in [1.29, 1.82) is 0 Å². The summed E-state index contributed by atoms with van der Waals surface area (Å²) in [6.45, 7) is 11.8. The molecular formula is C24H33N3O2. The van der Waals surface area contributed by atoms with Crippen molar-refractivity contribution in [2.45, 2.75) is 66.8 Å². The third-order valence-electron chi connectivity index (χ3n) is 5.41. The lowest BCUT2D eigenvalue weighted by Crippen LogP contribution is -2.40. The van der Waals surface area contributed by atoms with E-state index in [-0.39, 0.29) is 16.9 Å². The normalized spacial score (nSPS) is 15.1. The van der Waals surface area contributed by atoms with Crippen LogP contribution in [0.1, 0.15) is 68.7 Å². The molecule has 1 aliphatic heterocycles. The van der Waals surface area contributed by atoms with Crippen LogP contribution in [0.4, 0.5) is 0 Å². The first-order valence-electron chi connectivity index (χ1n) is 10.5. The Morgan fingerprint density at radius 2 is 2.07 bits per heavy atom. The summed E-state index contributed by atoms with van der Waals surface area (Å²) < 4.78 is 0. The molecular weight excluding hydrogens is 362 g/mol. The first-order valence-corrected chi connectivity index (χ1v) is 10.5. The van der Waals surface area contributed by atoms with Crippen LogP contribution in [0, 0.1) is 18.3 Å². The van der Waals surface area contributed by atoms with Gasteiger partial charge in [-0.05, 0) is 30.2 Å². The molecule has 29 heavy (non-hydrogen) atoms. The molecule has 1 aliphatic rings. The molecule has 1 N–H and O–H groups in total. The zero-order chi connectivity index (χ0) is 21.2. The monoisotopic (exact) mass is 395 g/mol. The number of rotatable bonds is 5. The molecule has 5 heteroatoms. The summed E-state index contributed by atoms with van der Waals surface area (Å²) in [6.07, 6.45) is 2.79. The Kier molecular flexibility index (Phi) is 6.25. The first kappa shape index (κ1) is 21.3. The van der Waals surface area contributed by atoms with Crippen LogP contribution in [0.5, 0.6) is 0 Å². The molecule has 0 saturated heterocycles. The summed E-state index contributed by atoms with van der Waals surface area (Å²) in [5, 5.41) is 0. The topological polar surface area (TPSA) is 66.1 Å². The number of benzene rings is 1. The van der Waals surface area contributed by atoms with Gasteiger partial charge in [0.15, 0.2) is 0 Å². The number of carbonyl (C=O) groups excluding carboxylic acids is 1. The van der Waals surface area contributed by atoms with Crippen LogP contribution in [0.3, 0.4) is 0 Å². The van der Waals surface area contributed by atoms with Crippen LogP contribution in [-0.2, 0) is 24.2 Å². The van der Waals surface area contributed by atoms with Gasteiger partial charge in [0, 0.05) is 25.8 Å². The van der Waals surface area contributed by atoms with Crippen LogP contribution in [-0.4, -0.2) is 27.3 Å². The highest BCUT2D eigenvalue weighted by atomic mass is 16.2. The molecule has 2 aromatic rings. The zero-order valence-corrected chi connectivity index (χ0v) is 18.3. The second-order valence-electron chi connectivity index (χ2n) is 9.74. The fourth-order valence-electron chi connectivity index (χ4n) is 4.33. The van der Waals surface area contributed by atoms with Gasteiger partial charge < -0.3 is 9.88 Å². The Labute approximate surface area is 173 Å². The van der Waals surface area contributed by atoms with Crippen molar-refractivity contribution in [3.8, 4) is 0 Å². The summed E-state index contributed by atoms with van der Waals surface area (Å²) in [5.41, 5.74) is 3.90. The van der Waals surface area contributed by atoms with Crippen LogP contribution in [0.25, 0.3) is 0 Å². The smallest absolute Gasteiger partial charge is 0.256 e. The van der Waals surface area contributed by atoms with E-state index in [9.17, 15) is 9.59 Å². The Balaban J connectivity index is 1.69. The van der Waals surface area contributed by atoms with Gasteiger partial charge in [-0.3, -0.25) is 9.59 Å². The highest BCUT2D eigenvalue weighted by Crippen LogP contribution is 2.27. The standard InChI is InChI=1S/C24H33N3O2/c1-16-7-6-8-18(11-16)13-21-25-20-9-10-27(15-19(20)23(29)26-21)22(28)12-17(2)14-24(3,4)5/h6-8,11,17H,9-10,12-15H2,1-5H3,(H,25,26,29)/t17-/m1/s1. The maximum atomic E-state index is 12.7. The highest BCUT2D eigenvalue weighted by Gasteiger charge is 2.26. The predicted octanol–water partition coefficient (Wildman–Crippen LogP) is 4.02. The fourth-order valence-corrected chi connectivity index (χ4v) is 4.33. The molecule has 156 valence electrons. The lowest BCUT2D eigenvalue weighted by molar-refractivity contribution is -0.133. The SMILES string of the molecule is Cc1cccc(Cc2nc3c(c(=O)[nH]2)CN(C(=O)C[C@@H](C)CC(C)(C)C)CC3)c1. The van der Waals surface area contributed by atoms with Crippen molar-refractivity contribution in [2.75, 3.05) is 6.54 Å². The van der Waals surface area contributed by atoms with Gasteiger partial charge in [-0.1, -0.05) is 57.5 Å². The number of nitrogens with zero attached hydrogens (tertiary/aromatic N) is 2. The number of fused-ring (bicyclic) bond motifs is 1. The lowest BCUT2D eigenvalue weighted by atomic mass is 9.84. The molecule has 1 amide bonds. The molecule has 1 atom stereocenters. The van der Waals surface area contributed by atoms with E-state index in [1.807, 2.05) is 17.0 Å². The van der Waals surface area contributed by atoms with Crippen molar-refractivity contribution >= 4 is 5.91 Å². The quantitative estimate of drug-likeness (QED) is 0.832. The molecule has 2 heterocycles. The van der Waals surface area contributed by atoms with Crippen molar-refractivity contribution in [2.24, 2.45) is 11.3 Å². The number of aryl methyl sites for hydroxylation is 1. The maximum absolute atomic E-state index is 12.7. The number of H-pyrrole nitrogens is 1. The Hall–Kier alpha value is -2.43. The lowest BCUT2D eigenvalue weighted by Gasteiger charge is -2.30. The molecule has 3 rings (SSSR count). The van der Waals surface area contributed by atoms with Gasteiger partial charge in [0.05, 0.1) is 17.8 Å². The zero-order valence-electron chi connectivity index (χ0n) is 18.3. The van der Waals surface area contributed by atoms with E-state index in [1.54, 1.807) is 0 Å². The van der Waals surface area contributed by atoms with Gasteiger partial charge in [0.2, 0.25) is 5.91 Å². The summed E-state index contributed by atoms with van der Waals surface area (Å²) in [5.74, 6) is 1.16. The minimum Gasteiger partial charge on any atom is -0.338 e. The molecule has 0 fully saturated rings. The molecule has 5 nitrogen and oxygen atoms in total. The van der Waals surface area contributed by atoms with Crippen LogP contribution < -0.4 is 5.56 Å².